The van der Waals surface area contributed by atoms with Crippen LogP contribution in [0, 0.1) is 0 Å². The number of para-hydroxylation sites is 1. The van der Waals surface area contributed by atoms with Gasteiger partial charge in [0.25, 0.3) is 11.8 Å². The second kappa shape index (κ2) is 7.50. The lowest BCUT2D eigenvalue weighted by atomic mass is 9.98. The van der Waals surface area contributed by atoms with Gasteiger partial charge in [-0.15, -0.1) is 0 Å². The lowest BCUT2D eigenvalue weighted by Gasteiger charge is -2.26. The topological polar surface area (TPSA) is 84.0 Å². The predicted octanol–water partition coefficient (Wildman–Crippen LogP) is 1.73. The maximum atomic E-state index is 12.6. The summed E-state index contributed by atoms with van der Waals surface area (Å²) in [4.78, 5) is 52.1. The smallest absolute Gasteiger partial charge is 0.326 e. The summed E-state index contributed by atoms with van der Waals surface area (Å²) in [5.41, 5.74) is 2.93. The van der Waals surface area contributed by atoms with Crippen LogP contribution in [0.4, 0.5) is 5.69 Å². The first-order valence-electron chi connectivity index (χ1n) is 9.44. The number of benzene rings is 2. The van der Waals surface area contributed by atoms with Crippen molar-refractivity contribution in [3.63, 3.8) is 0 Å². The van der Waals surface area contributed by atoms with Crippen molar-refractivity contribution in [3.05, 3.63) is 65.2 Å². The van der Waals surface area contributed by atoms with E-state index in [-0.39, 0.29) is 18.4 Å². The Labute approximate surface area is 167 Å². The molecule has 29 heavy (non-hydrogen) atoms. The zero-order chi connectivity index (χ0) is 20.5. The number of rotatable bonds is 4. The minimum Gasteiger partial charge on any atom is -0.454 e. The van der Waals surface area contributed by atoms with Crippen molar-refractivity contribution in [2.75, 3.05) is 18.1 Å². The van der Waals surface area contributed by atoms with Gasteiger partial charge in [0.1, 0.15) is 6.54 Å². The van der Waals surface area contributed by atoms with E-state index in [1.807, 2.05) is 31.2 Å². The molecule has 2 aromatic carbocycles. The minimum absolute atomic E-state index is 0.0275. The molecule has 4 rings (SSSR count). The summed E-state index contributed by atoms with van der Waals surface area (Å²) in [5, 5.41) is 0. The SMILES string of the molecule is C[C@H]1Cc2ccccc2N1C(=O)COC(=O)CN1C(=O)Cc2ccccc2C1=O. The number of hydrogen-bond donors (Lipinski definition) is 0. The highest BCUT2D eigenvalue weighted by Crippen LogP contribution is 2.31. The molecule has 0 radical (unpaired) electrons. The standard InChI is InChI=1S/C22H20N2O5/c1-14-10-16-7-3-5-9-18(16)24(14)20(26)13-29-21(27)12-23-19(25)11-15-6-2-4-8-17(15)22(23)28/h2-9,14H,10-13H2,1H3/t14-/m0/s1. The van der Waals surface area contributed by atoms with Gasteiger partial charge in [-0.05, 0) is 36.6 Å². The van der Waals surface area contributed by atoms with Crippen molar-refractivity contribution < 1.29 is 23.9 Å². The second-order valence-electron chi connectivity index (χ2n) is 7.23. The van der Waals surface area contributed by atoms with E-state index in [1.54, 1.807) is 29.2 Å². The maximum absolute atomic E-state index is 12.6. The number of fused-ring (bicyclic) bond motifs is 2. The van der Waals surface area contributed by atoms with Crippen molar-refractivity contribution in [1.29, 1.82) is 0 Å². The molecule has 0 aromatic heterocycles. The number of carbonyl (C=O) groups is 4. The van der Waals surface area contributed by atoms with Crippen LogP contribution in [0.2, 0.25) is 0 Å². The summed E-state index contributed by atoms with van der Waals surface area (Å²) in [5.74, 6) is -2.11. The van der Waals surface area contributed by atoms with Crippen molar-refractivity contribution in [2.24, 2.45) is 0 Å². The zero-order valence-corrected chi connectivity index (χ0v) is 16.0. The molecule has 7 heteroatoms. The Hall–Kier alpha value is -3.48. The molecule has 3 amide bonds. The van der Waals surface area contributed by atoms with Gasteiger partial charge in [0.15, 0.2) is 6.61 Å². The zero-order valence-electron chi connectivity index (χ0n) is 16.0. The van der Waals surface area contributed by atoms with Gasteiger partial charge < -0.3 is 9.64 Å². The van der Waals surface area contributed by atoms with Gasteiger partial charge in [0, 0.05) is 17.3 Å². The van der Waals surface area contributed by atoms with Crippen LogP contribution in [0.1, 0.15) is 28.4 Å². The summed E-state index contributed by atoms with van der Waals surface area (Å²) in [6.07, 6.45) is 0.794. The molecule has 2 aromatic rings. The molecule has 7 nitrogen and oxygen atoms in total. The van der Waals surface area contributed by atoms with Crippen LogP contribution in [0.3, 0.4) is 0 Å². The molecule has 0 aliphatic carbocycles. The minimum atomic E-state index is -0.792. The number of amides is 3. The van der Waals surface area contributed by atoms with E-state index in [1.165, 1.54) is 0 Å². The van der Waals surface area contributed by atoms with Crippen LogP contribution in [0.5, 0.6) is 0 Å². The Morgan fingerprint density at radius 2 is 1.72 bits per heavy atom. The van der Waals surface area contributed by atoms with E-state index in [9.17, 15) is 19.2 Å². The number of anilines is 1. The lowest BCUT2D eigenvalue weighted by Crippen LogP contribution is -2.46. The third-order valence-electron chi connectivity index (χ3n) is 5.26. The molecule has 0 spiro atoms. The predicted molar refractivity (Wildman–Crippen MR) is 104 cm³/mol. The fraction of sp³-hybridized carbons (Fsp3) is 0.273. The number of esters is 1. The Morgan fingerprint density at radius 3 is 2.52 bits per heavy atom. The summed E-state index contributed by atoms with van der Waals surface area (Å²) in [6, 6.07) is 14.4. The molecule has 1 atom stereocenters. The first kappa shape index (κ1) is 18.9. The molecule has 2 aliphatic rings. The van der Waals surface area contributed by atoms with Gasteiger partial charge in [-0.3, -0.25) is 24.1 Å². The van der Waals surface area contributed by atoms with Gasteiger partial charge in [-0.25, -0.2) is 0 Å². The van der Waals surface area contributed by atoms with Crippen LogP contribution in [-0.4, -0.2) is 47.8 Å². The van der Waals surface area contributed by atoms with Crippen molar-refractivity contribution in [3.8, 4) is 0 Å². The highest BCUT2D eigenvalue weighted by atomic mass is 16.5. The Morgan fingerprint density at radius 1 is 1.03 bits per heavy atom. The molecule has 2 heterocycles. The Bertz CT molecular complexity index is 1020. The monoisotopic (exact) mass is 392 g/mol. The van der Waals surface area contributed by atoms with Crippen LogP contribution in [0.25, 0.3) is 0 Å². The first-order valence-corrected chi connectivity index (χ1v) is 9.44. The van der Waals surface area contributed by atoms with Crippen LogP contribution in [-0.2, 0) is 32.0 Å². The number of carbonyl (C=O) groups excluding carboxylic acids is 4. The van der Waals surface area contributed by atoms with E-state index >= 15 is 0 Å². The average Bonchev–Trinajstić information content (AvgIpc) is 3.05. The van der Waals surface area contributed by atoms with E-state index in [0.29, 0.717) is 11.1 Å². The van der Waals surface area contributed by atoms with Crippen LogP contribution < -0.4 is 4.90 Å². The van der Waals surface area contributed by atoms with Gasteiger partial charge in [-0.1, -0.05) is 36.4 Å². The Kier molecular flexibility index (Phi) is 4.88. The Balaban J connectivity index is 1.38. The van der Waals surface area contributed by atoms with Gasteiger partial charge in [0.2, 0.25) is 5.91 Å². The van der Waals surface area contributed by atoms with Crippen molar-refractivity contribution in [2.45, 2.75) is 25.8 Å². The quantitative estimate of drug-likeness (QED) is 0.585. The van der Waals surface area contributed by atoms with Gasteiger partial charge in [0.05, 0.1) is 6.42 Å². The molecule has 0 fully saturated rings. The van der Waals surface area contributed by atoms with Gasteiger partial charge >= 0.3 is 5.97 Å². The fourth-order valence-electron chi connectivity index (χ4n) is 3.89. The molecular weight excluding hydrogens is 372 g/mol. The third kappa shape index (κ3) is 3.51. The summed E-state index contributed by atoms with van der Waals surface area (Å²) in [7, 11) is 0. The highest BCUT2D eigenvalue weighted by molar-refractivity contribution is 6.11. The van der Waals surface area contributed by atoms with E-state index in [4.69, 9.17) is 4.74 Å². The van der Waals surface area contributed by atoms with E-state index in [0.717, 1.165) is 22.6 Å². The lowest BCUT2D eigenvalue weighted by molar-refractivity contribution is -0.150. The van der Waals surface area contributed by atoms with E-state index < -0.39 is 30.9 Å². The molecule has 148 valence electrons. The van der Waals surface area contributed by atoms with Crippen molar-refractivity contribution in [1.82, 2.24) is 4.90 Å². The van der Waals surface area contributed by atoms with Gasteiger partial charge in [-0.2, -0.15) is 0 Å². The molecular formula is C22H20N2O5. The average molecular weight is 392 g/mol. The largest absolute Gasteiger partial charge is 0.454 e. The first-order chi connectivity index (χ1) is 14.0. The maximum Gasteiger partial charge on any atom is 0.326 e. The summed E-state index contributed by atoms with van der Waals surface area (Å²) >= 11 is 0. The van der Waals surface area contributed by atoms with Crippen LogP contribution >= 0.6 is 0 Å². The second-order valence-corrected chi connectivity index (χ2v) is 7.23. The molecule has 0 unspecified atom stereocenters. The number of imide groups is 1. The molecule has 0 bridgehead atoms. The molecule has 0 saturated carbocycles. The summed E-state index contributed by atoms with van der Waals surface area (Å²) < 4.78 is 5.09. The normalized spacial score (nSPS) is 17.8. The van der Waals surface area contributed by atoms with Crippen LogP contribution in [0.15, 0.2) is 48.5 Å². The fourth-order valence-corrected chi connectivity index (χ4v) is 3.89. The molecule has 0 N–H and O–H groups in total. The molecule has 0 saturated heterocycles. The molecule has 2 aliphatic heterocycles. The summed E-state index contributed by atoms with van der Waals surface area (Å²) in [6.45, 7) is 0.984. The number of nitrogens with zero attached hydrogens (tertiary/aromatic N) is 2. The van der Waals surface area contributed by atoms with E-state index in [2.05, 4.69) is 0 Å². The number of ether oxygens (including phenoxy) is 1. The number of hydrogen-bond acceptors (Lipinski definition) is 5. The van der Waals surface area contributed by atoms with Crippen molar-refractivity contribution >= 4 is 29.4 Å². The highest BCUT2D eigenvalue weighted by Gasteiger charge is 2.34. The third-order valence-corrected chi connectivity index (χ3v) is 5.26.